The topological polar surface area (TPSA) is 57.9 Å². The van der Waals surface area contributed by atoms with Crippen LogP contribution in [0.15, 0.2) is 0 Å². The van der Waals surface area contributed by atoms with Gasteiger partial charge in [-0.15, -0.1) is 0 Å². The summed E-state index contributed by atoms with van der Waals surface area (Å²) < 4.78 is 22.0. The Labute approximate surface area is 74.3 Å². The van der Waals surface area contributed by atoms with E-state index < -0.39 is 9.84 Å². The lowest BCUT2D eigenvalue weighted by molar-refractivity contribution is 0.561. The van der Waals surface area contributed by atoms with Crippen molar-refractivity contribution in [2.45, 2.75) is 26.7 Å². The van der Waals surface area contributed by atoms with Gasteiger partial charge in [-0.25, -0.2) is 8.42 Å². The third-order valence-electron chi connectivity index (χ3n) is 1.52. The molecule has 0 amide bonds. The molecule has 0 aromatic heterocycles. The van der Waals surface area contributed by atoms with Crippen LogP contribution in [-0.2, 0) is 9.84 Å². The third kappa shape index (κ3) is 6.17. The van der Waals surface area contributed by atoms with E-state index in [2.05, 4.69) is 13.8 Å². The van der Waals surface area contributed by atoms with E-state index in [4.69, 9.17) is 5.26 Å². The molecule has 0 N–H and O–H groups in total. The summed E-state index contributed by atoms with van der Waals surface area (Å²) >= 11 is 0. The largest absolute Gasteiger partial charge is 0.228 e. The van der Waals surface area contributed by atoms with Gasteiger partial charge in [0.25, 0.3) is 0 Å². The monoisotopic (exact) mass is 189 g/mol. The number of nitrogens with zero attached hydrogens (tertiary/aromatic N) is 1. The predicted molar refractivity (Wildman–Crippen MR) is 48.3 cm³/mol. The van der Waals surface area contributed by atoms with Crippen LogP contribution >= 0.6 is 0 Å². The number of hydrogen-bond donors (Lipinski definition) is 0. The van der Waals surface area contributed by atoms with Crippen molar-refractivity contribution in [2.75, 3.05) is 11.5 Å². The summed E-state index contributed by atoms with van der Waals surface area (Å²) in [6, 6.07) is 1.66. The Balaban J connectivity index is 3.72. The molecule has 0 fully saturated rings. The molecular weight excluding hydrogens is 174 g/mol. The van der Waals surface area contributed by atoms with Crippen molar-refractivity contribution < 1.29 is 8.42 Å². The van der Waals surface area contributed by atoms with Crippen LogP contribution in [0.5, 0.6) is 0 Å². The molecule has 0 aromatic rings. The Kier molecular flexibility index (Phi) is 4.91. The molecule has 70 valence electrons. The maximum absolute atomic E-state index is 11.0. The molecule has 0 bridgehead atoms. The smallest absolute Gasteiger partial charge is 0.163 e. The maximum atomic E-state index is 11.0. The fourth-order valence-corrected chi connectivity index (χ4v) is 1.83. The van der Waals surface area contributed by atoms with Gasteiger partial charge >= 0.3 is 0 Å². The van der Waals surface area contributed by atoms with E-state index in [9.17, 15) is 8.42 Å². The highest BCUT2D eigenvalue weighted by atomic mass is 32.2. The van der Waals surface area contributed by atoms with E-state index in [-0.39, 0.29) is 11.5 Å². The molecule has 0 aliphatic carbocycles. The third-order valence-corrected chi connectivity index (χ3v) is 3.00. The lowest BCUT2D eigenvalue weighted by Crippen LogP contribution is -2.10. The zero-order valence-electron chi connectivity index (χ0n) is 7.58. The molecule has 0 aliphatic rings. The van der Waals surface area contributed by atoms with E-state index in [0.29, 0.717) is 12.3 Å². The van der Waals surface area contributed by atoms with E-state index >= 15 is 0 Å². The minimum Gasteiger partial charge on any atom is -0.228 e. The van der Waals surface area contributed by atoms with Crippen molar-refractivity contribution >= 4 is 9.84 Å². The maximum Gasteiger partial charge on any atom is 0.163 e. The molecule has 0 atom stereocenters. The molecule has 0 aliphatic heterocycles. The van der Waals surface area contributed by atoms with Gasteiger partial charge in [-0.05, 0) is 12.3 Å². The van der Waals surface area contributed by atoms with Crippen molar-refractivity contribution in [3.8, 4) is 6.07 Å². The summed E-state index contributed by atoms with van der Waals surface area (Å²) in [4.78, 5) is 0. The second-order valence-electron chi connectivity index (χ2n) is 3.29. The zero-order chi connectivity index (χ0) is 9.61. The Morgan fingerprint density at radius 1 is 1.42 bits per heavy atom. The summed E-state index contributed by atoms with van der Waals surface area (Å²) in [5, 5.41) is 8.18. The first kappa shape index (κ1) is 11.4. The van der Waals surface area contributed by atoms with Crippen molar-refractivity contribution in [2.24, 2.45) is 5.92 Å². The van der Waals surface area contributed by atoms with Gasteiger partial charge in [0.2, 0.25) is 0 Å². The summed E-state index contributed by atoms with van der Waals surface area (Å²) in [7, 11) is -3.09. The average Bonchev–Trinajstić information content (AvgIpc) is 1.85. The molecule has 12 heavy (non-hydrogen) atoms. The second kappa shape index (κ2) is 5.15. The summed E-state index contributed by atoms with van der Waals surface area (Å²) in [5.41, 5.74) is 0. The molecule has 0 heterocycles. The van der Waals surface area contributed by atoms with Gasteiger partial charge in [0.05, 0.1) is 11.8 Å². The normalized spacial score (nSPS) is 11.5. The highest BCUT2D eigenvalue weighted by Crippen LogP contribution is 2.05. The van der Waals surface area contributed by atoms with Gasteiger partial charge in [0.15, 0.2) is 9.84 Å². The lowest BCUT2D eigenvalue weighted by atomic mass is 10.1. The van der Waals surface area contributed by atoms with Crippen molar-refractivity contribution in [3.05, 3.63) is 0 Å². The number of rotatable bonds is 5. The molecule has 0 spiro atoms. The van der Waals surface area contributed by atoms with Crippen LogP contribution < -0.4 is 0 Å². The van der Waals surface area contributed by atoms with Crippen molar-refractivity contribution in [1.82, 2.24) is 0 Å². The average molecular weight is 189 g/mol. The van der Waals surface area contributed by atoms with E-state index in [1.807, 2.05) is 0 Å². The Hall–Kier alpha value is -0.560. The standard InChI is InChI=1S/C8H15NO2S/c1-8(2)4-3-6-12(10,11)7-5-9/h8H,3-4,6-7H2,1-2H3. The van der Waals surface area contributed by atoms with Crippen LogP contribution in [0.1, 0.15) is 26.7 Å². The highest BCUT2D eigenvalue weighted by Gasteiger charge is 2.09. The van der Waals surface area contributed by atoms with Gasteiger partial charge in [-0.1, -0.05) is 20.3 Å². The second-order valence-corrected chi connectivity index (χ2v) is 5.47. The Morgan fingerprint density at radius 3 is 2.42 bits per heavy atom. The molecule has 0 saturated heterocycles. The van der Waals surface area contributed by atoms with Crippen molar-refractivity contribution in [1.29, 1.82) is 5.26 Å². The first-order valence-corrected chi connectivity index (χ1v) is 5.87. The summed E-state index contributed by atoms with van der Waals surface area (Å²) in [6.07, 6.45) is 1.58. The Bertz CT molecular complexity index is 249. The van der Waals surface area contributed by atoms with Crippen molar-refractivity contribution in [3.63, 3.8) is 0 Å². The molecule has 0 aromatic carbocycles. The fourth-order valence-electron chi connectivity index (χ4n) is 0.882. The highest BCUT2D eigenvalue weighted by molar-refractivity contribution is 7.91. The lowest BCUT2D eigenvalue weighted by Gasteiger charge is -2.02. The van der Waals surface area contributed by atoms with Crippen LogP contribution in [0, 0.1) is 17.2 Å². The molecule has 3 nitrogen and oxygen atoms in total. The van der Waals surface area contributed by atoms with Gasteiger partial charge in [0.1, 0.15) is 5.75 Å². The predicted octanol–water partition coefficient (Wildman–Crippen LogP) is 1.36. The van der Waals surface area contributed by atoms with Gasteiger partial charge in [0, 0.05) is 0 Å². The number of nitriles is 1. The summed E-state index contributed by atoms with van der Waals surface area (Å²) in [5.74, 6) is 0.339. The van der Waals surface area contributed by atoms with Gasteiger partial charge in [-0.3, -0.25) is 0 Å². The molecular formula is C8H15NO2S. The molecule has 4 heteroatoms. The first-order valence-electron chi connectivity index (χ1n) is 4.05. The minimum atomic E-state index is -3.09. The van der Waals surface area contributed by atoms with Crippen LogP contribution in [-0.4, -0.2) is 19.9 Å². The van der Waals surface area contributed by atoms with Gasteiger partial charge in [-0.2, -0.15) is 5.26 Å². The summed E-state index contributed by atoms with van der Waals surface area (Å²) in [6.45, 7) is 4.10. The molecule has 0 radical (unpaired) electrons. The quantitative estimate of drug-likeness (QED) is 0.656. The van der Waals surface area contributed by atoms with Crippen LogP contribution in [0.3, 0.4) is 0 Å². The van der Waals surface area contributed by atoms with E-state index in [1.54, 1.807) is 6.07 Å². The van der Waals surface area contributed by atoms with Crippen LogP contribution in [0.25, 0.3) is 0 Å². The minimum absolute atomic E-state index is 0.152. The van der Waals surface area contributed by atoms with E-state index in [1.165, 1.54) is 0 Å². The first-order chi connectivity index (χ1) is 5.48. The molecule has 0 rings (SSSR count). The van der Waals surface area contributed by atoms with E-state index in [0.717, 1.165) is 6.42 Å². The zero-order valence-corrected chi connectivity index (χ0v) is 8.39. The van der Waals surface area contributed by atoms with Crippen LogP contribution in [0.4, 0.5) is 0 Å². The number of hydrogen-bond acceptors (Lipinski definition) is 3. The van der Waals surface area contributed by atoms with Crippen LogP contribution in [0.2, 0.25) is 0 Å². The number of sulfone groups is 1. The molecule has 0 saturated carbocycles. The van der Waals surface area contributed by atoms with Gasteiger partial charge < -0.3 is 0 Å². The Morgan fingerprint density at radius 2 is 2.00 bits per heavy atom. The fraction of sp³-hybridized carbons (Fsp3) is 0.875. The SMILES string of the molecule is CC(C)CCCS(=O)(=O)CC#N. The molecule has 0 unspecified atom stereocenters.